The third-order valence-corrected chi connectivity index (χ3v) is 4.46. The standard InChI is InChI=1S/C16H23ClN2O/c1-3-6-16(7-9-18-10-8-16)15(20)19-14-5-4-12(2)11-13(14)17/h4-5,11,18H,3,6-10H2,1-2H3,(H,19,20). The largest absolute Gasteiger partial charge is 0.324 e. The van der Waals surface area contributed by atoms with Crippen molar-refractivity contribution in [3.8, 4) is 0 Å². The van der Waals surface area contributed by atoms with E-state index in [0.717, 1.165) is 50.0 Å². The molecule has 1 fully saturated rings. The predicted octanol–water partition coefficient (Wildman–Crippen LogP) is 3.76. The zero-order chi connectivity index (χ0) is 14.6. The van der Waals surface area contributed by atoms with Gasteiger partial charge in [0.2, 0.25) is 5.91 Å². The Bertz CT molecular complexity index is 476. The summed E-state index contributed by atoms with van der Waals surface area (Å²) < 4.78 is 0. The normalized spacial score (nSPS) is 17.8. The Kier molecular flexibility index (Phi) is 5.06. The molecule has 0 aromatic heterocycles. The molecule has 1 amide bonds. The van der Waals surface area contributed by atoms with Crippen molar-refractivity contribution in [2.75, 3.05) is 18.4 Å². The van der Waals surface area contributed by atoms with Crippen molar-refractivity contribution < 1.29 is 4.79 Å². The van der Waals surface area contributed by atoms with Gasteiger partial charge >= 0.3 is 0 Å². The molecule has 0 aliphatic carbocycles. The van der Waals surface area contributed by atoms with E-state index >= 15 is 0 Å². The van der Waals surface area contributed by atoms with Crippen LogP contribution < -0.4 is 10.6 Å². The number of anilines is 1. The van der Waals surface area contributed by atoms with Crippen molar-refractivity contribution in [3.63, 3.8) is 0 Å². The van der Waals surface area contributed by atoms with E-state index in [1.54, 1.807) is 0 Å². The van der Waals surface area contributed by atoms with E-state index in [1.165, 1.54) is 0 Å². The molecular weight excluding hydrogens is 272 g/mol. The maximum Gasteiger partial charge on any atom is 0.230 e. The first-order chi connectivity index (χ1) is 9.57. The lowest BCUT2D eigenvalue weighted by Crippen LogP contribution is -2.44. The molecule has 2 N–H and O–H groups in total. The molecule has 0 saturated carbocycles. The van der Waals surface area contributed by atoms with E-state index in [1.807, 2.05) is 25.1 Å². The number of rotatable bonds is 4. The van der Waals surface area contributed by atoms with Crippen LogP contribution >= 0.6 is 11.6 Å². The van der Waals surface area contributed by atoms with Crippen molar-refractivity contribution >= 4 is 23.2 Å². The lowest BCUT2D eigenvalue weighted by molar-refractivity contribution is -0.127. The summed E-state index contributed by atoms with van der Waals surface area (Å²) in [7, 11) is 0. The van der Waals surface area contributed by atoms with Crippen LogP contribution in [-0.4, -0.2) is 19.0 Å². The van der Waals surface area contributed by atoms with Crippen LogP contribution in [0.15, 0.2) is 18.2 Å². The minimum Gasteiger partial charge on any atom is -0.324 e. The van der Waals surface area contributed by atoms with Gasteiger partial charge in [0.1, 0.15) is 0 Å². The van der Waals surface area contributed by atoms with Gasteiger partial charge in [-0.25, -0.2) is 0 Å². The van der Waals surface area contributed by atoms with Gasteiger partial charge in [-0.05, 0) is 57.0 Å². The molecule has 20 heavy (non-hydrogen) atoms. The Morgan fingerprint density at radius 3 is 2.70 bits per heavy atom. The molecule has 1 aromatic carbocycles. The first-order valence-electron chi connectivity index (χ1n) is 7.36. The number of hydrogen-bond donors (Lipinski definition) is 2. The van der Waals surface area contributed by atoms with E-state index in [0.29, 0.717) is 5.02 Å². The molecule has 2 rings (SSSR count). The molecule has 3 nitrogen and oxygen atoms in total. The molecular formula is C16H23ClN2O. The minimum atomic E-state index is -0.242. The number of hydrogen-bond acceptors (Lipinski definition) is 2. The quantitative estimate of drug-likeness (QED) is 0.888. The number of halogens is 1. The van der Waals surface area contributed by atoms with E-state index in [2.05, 4.69) is 17.6 Å². The molecule has 0 spiro atoms. The van der Waals surface area contributed by atoms with Crippen LogP contribution in [-0.2, 0) is 4.79 Å². The van der Waals surface area contributed by atoms with Crippen molar-refractivity contribution in [2.45, 2.75) is 39.5 Å². The second-order valence-corrected chi connectivity index (χ2v) is 6.12. The van der Waals surface area contributed by atoms with Gasteiger partial charge in [0, 0.05) is 0 Å². The molecule has 0 radical (unpaired) electrons. The van der Waals surface area contributed by atoms with Crippen molar-refractivity contribution in [1.29, 1.82) is 0 Å². The van der Waals surface area contributed by atoms with Crippen LogP contribution in [0.4, 0.5) is 5.69 Å². The second kappa shape index (κ2) is 6.59. The summed E-state index contributed by atoms with van der Waals surface area (Å²) in [4.78, 5) is 12.7. The van der Waals surface area contributed by atoms with Gasteiger partial charge in [0.15, 0.2) is 0 Å². The van der Waals surface area contributed by atoms with E-state index in [-0.39, 0.29) is 11.3 Å². The lowest BCUT2D eigenvalue weighted by Gasteiger charge is -2.36. The third kappa shape index (κ3) is 3.33. The Balaban J connectivity index is 2.15. The van der Waals surface area contributed by atoms with Crippen LogP contribution in [0.1, 0.15) is 38.2 Å². The molecule has 4 heteroatoms. The number of piperidine rings is 1. The molecule has 0 atom stereocenters. The SMILES string of the molecule is CCCC1(C(=O)Nc2ccc(C)cc2Cl)CCNCC1. The fourth-order valence-corrected chi connectivity index (χ4v) is 3.23. The second-order valence-electron chi connectivity index (χ2n) is 5.72. The molecule has 110 valence electrons. The van der Waals surface area contributed by atoms with Gasteiger partial charge in [-0.15, -0.1) is 0 Å². The van der Waals surface area contributed by atoms with E-state index < -0.39 is 0 Å². The fourth-order valence-electron chi connectivity index (χ4n) is 2.95. The number of nitrogens with one attached hydrogen (secondary N) is 2. The van der Waals surface area contributed by atoms with Crippen molar-refractivity contribution in [3.05, 3.63) is 28.8 Å². The number of aryl methyl sites for hydroxylation is 1. The minimum absolute atomic E-state index is 0.117. The van der Waals surface area contributed by atoms with Gasteiger partial charge in [0.05, 0.1) is 16.1 Å². The highest BCUT2D eigenvalue weighted by Gasteiger charge is 2.38. The summed E-state index contributed by atoms with van der Waals surface area (Å²) in [6.07, 6.45) is 3.76. The Morgan fingerprint density at radius 1 is 1.40 bits per heavy atom. The maximum absolute atomic E-state index is 12.7. The summed E-state index contributed by atoms with van der Waals surface area (Å²) in [5.41, 5.74) is 1.57. The van der Waals surface area contributed by atoms with Crippen LogP contribution in [0.5, 0.6) is 0 Å². The average molecular weight is 295 g/mol. The third-order valence-electron chi connectivity index (χ3n) is 4.14. The maximum atomic E-state index is 12.7. The van der Waals surface area contributed by atoms with Gasteiger partial charge in [0.25, 0.3) is 0 Å². The summed E-state index contributed by atoms with van der Waals surface area (Å²) >= 11 is 6.21. The highest BCUT2D eigenvalue weighted by molar-refractivity contribution is 6.33. The van der Waals surface area contributed by atoms with Crippen molar-refractivity contribution in [2.24, 2.45) is 5.41 Å². The Labute approximate surface area is 126 Å². The van der Waals surface area contributed by atoms with Crippen LogP contribution in [0.25, 0.3) is 0 Å². The van der Waals surface area contributed by atoms with Crippen molar-refractivity contribution in [1.82, 2.24) is 5.32 Å². The smallest absolute Gasteiger partial charge is 0.230 e. The molecule has 1 aromatic rings. The number of amides is 1. The molecule has 0 unspecified atom stereocenters. The first-order valence-corrected chi connectivity index (χ1v) is 7.73. The van der Waals surface area contributed by atoms with E-state index in [4.69, 9.17) is 11.6 Å². The van der Waals surface area contributed by atoms with Gasteiger partial charge in [-0.2, -0.15) is 0 Å². The Hall–Kier alpha value is -1.06. The lowest BCUT2D eigenvalue weighted by atomic mass is 9.74. The molecule has 0 bridgehead atoms. The zero-order valence-electron chi connectivity index (χ0n) is 12.3. The van der Waals surface area contributed by atoms with Gasteiger partial charge < -0.3 is 10.6 Å². The zero-order valence-corrected chi connectivity index (χ0v) is 13.0. The summed E-state index contributed by atoms with van der Waals surface area (Å²) in [5, 5.41) is 6.97. The highest BCUT2D eigenvalue weighted by atomic mass is 35.5. The van der Waals surface area contributed by atoms with Crippen LogP contribution in [0.2, 0.25) is 5.02 Å². The van der Waals surface area contributed by atoms with Gasteiger partial charge in [-0.3, -0.25) is 4.79 Å². The molecule has 1 saturated heterocycles. The average Bonchev–Trinajstić information content (AvgIpc) is 2.43. The first kappa shape index (κ1) is 15.3. The van der Waals surface area contributed by atoms with Crippen LogP contribution in [0.3, 0.4) is 0 Å². The summed E-state index contributed by atoms with van der Waals surface area (Å²) in [6, 6.07) is 5.73. The van der Waals surface area contributed by atoms with Gasteiger partial charge in [-0.1, -0.05) is 31.0 Å². The highest BCUT2D eigenvalue weighted by Crippen LogP contribution is 2.36. The fraction of sp³-hybridized carbons (Fsp3) is 0.562. The van der Waals surface area contributed by atoms with Crippen LogP contribution in [0, 0.1) is 12.3 Å². The topological polar surface area (TPSA) is 41.1 Å². The number of carbonyl (C=O) groups excluding carboxylic acids is 1. The predicted molar refractivity (Wildman–Crippen MR) is 84.3 cm³/mol. The molecule has 1 aliphatic rings. The monoisotopic (exact) mass is 294 g/mol. The number of carbonyl (C=O) groups is 1. The summed E-state index contributed by atoms with van der Waals surface area (Å²) in [5.74, 6) is 0.117. The molecule has 1 aliphatic heterocycles. The summed E-state index contributed by atoms with van der Waals surface area (Å²) in [6.45, 7) is 5.95. The Morgan fingerprint density at radius 2 is 2.10 bits per heavy atom. The number of benzene rings is 1. The van der Waals surface area contributed by atoms with E-state index in [9.17, 15) is 4.79 Å². The molecule has 1 heterocycles.